The molecule has 1 atom stereocenters. The van der Waals surface area contributed by atoms with Gasteiger partial charge in [-0.05, 0) is 66.1 Å². The van der Waals surface area contributed by atoms with E-state index >= 15 is 0 Å². The fourth-order valence-corrected chi connectivity index (χ4v) is 2.93. The van der Waals surface area contributed by atoms with E-state index in [1.54, 1.807) is 0 Å². The average Bonchev–Trinajstić information content (AvgIpc) is 2.38. The zero-order chi connectivity index (χ0) is 14.3. The number of likely N-dealkylation sites (tertiary alicyclic amines) is 1. The van der Waals surface area contributed by atoms with E-state index in [0.29, 0.717) is 0 Å². The number of piperidine rings is 1. The summed E-state index contributed by atoms with van der Waals surface area (Å²) in [6, 6.07) is 0.277. The lowest BCUT2D eigenvalue weighted by Gasteiger charge is -2.32. The number of hydrogen-bond acceptors (Lipinski definition) is 4. The molecule has 19 heavy (non-hydrogen) atoms. The Labute approximate surface area is 117 Å². The SMILES string of the molecule is COC(=O)C(C)(CCCN1CCCCC1)NC(C)C. The second-order valence-electron chi connectivity index (χ2n) is 6.13. The maximum atomic E-state index is 12.0. The number of carbonyl (C=O) groups is 1. The van der Waals surface area contributed by atoms with Crippen molar-refractivity contribution >= 4 is 5.97 Å². The standard InChI is InChI=1S/C15H30N2O2/c1-13(2)16-15(3,14(18)19-4)9-8-12-17-10-6-5-7-11-17/h13,16H,5-12H2,1-4H3. The third-order valence-electron chi connectivity index (χ3n) is 3.84. The molecular formula is C15H30N2O2. The third-order valence-corrected chi connectivity index (χ3v) is 3.84. The molecule has 4 nitrogen and oxygen atoms in total. The number of methoxy groups -OCH3 is 1. The minimum Gasteiger partial charge on any atom is -0.468 e. The Balaban J connectivity index is 2.41. The molecule has 1 N–H and O–H groups in total. The summed E-state index contributed by atoms with van der Waals surface area (Å²) in [4.78, 5) is 14.5. The first-order chi connectivity index (χ1) is 8.98. The van der Waals surface area contributed by atoms with Crippen LogP contribution < -0.4 is 5.32 Å². The lowest BCUT2D eigenvalue weighted by atomic mass is 9.94. The zero-order valence-electron chi connectivity index (χ0n) is 13.0. The van der Waals surface area contributed by atoms with Gasteiger partial charge >= 0.3 is 5.97 Å². The van der Waals surface area contributed by atoms with Crippen molar-refractivity contribution in [3.05, 3.63) is 0 Å². The average molecular weight is 270 g/mol. The number of nitrogens with zero attached hydrogens (tertiary/aromatic N) is 1. The largest absolute Gasteiger partial charge is 0.468 e. The van der Waals surface area contributed by atoms with E-state index in [-0.39, 0.29) is 12.0 Å². The van der Waals surface area contributed by atoms with Gasteiger partial charge in [-0.3, -0.25) is 10.1 Å². The van der Waals surface area contributed by atoms with Crippen LogP contribution in [0.15, 0.2) is 0 Å². The van der Waals surface area contributed by atoms with Crippen molar-refractivity contribution in [3.8, 4) is 0 Å². The van der Waals surface area contributed by atoms with Gasteiger partial charge in [-0.1, -0.05) is 6.42 Å². The molecule has 0 aromatic rings. The molecule has 1 aliphatic heterocycles. The molecular weight excluding hydrogens is 240 g/mol. The van der Waals surface area contributed by atoms with Crippen LogP contribution >= 0.6 is 0 Å². The van der Waals surface area contributed by atoms with Gasteiger partial charge < -0.3 is 9.64 Å². The smallest absolute Gasteiger partial charge is 0.325 e. The van der Waals surface area contributed by atoms with Gasteiger partial charge in [0.15, 0.2) is 0 Å². The summed E-state index contributed by atoms with van der Waals surface area (Å²) >= 11 is 0. The summed E-state index contributed by atoms with van der Waals surface area (Å²) in [6.07, 6.45) is 5.86. The van der Waals surface area contributed by atoms with E-state index in [4.69, 9.17) is 4.74 Å². The number of ether oxygens (including phenoxy) is 1. The number of esters is 1. The van der Waals surface area contributed by atoms with Crippen molar-refractivity contribution in [3.63, 3.8) is 0 Å². The third kappa shape index (κ3) is 5.49. The maximum Gasteiger partial charge on any atom is 0.325 e. The van der Waals surface area contributed by atoms with Crippen LogP contribution in [0.5, 0.6) is 0 Å². The Morgan fingerprint density at radius 2 is 1.95 bits per heavy atom. The Hall–Kier alpha value is -0.610. The van der Waals surface area contributed by atoms with E-state index in [1.807, 2.05) is 6.92 Å². The predicted molar refractivity (Wildman–Crippen MR) is 78.2 cm³/mol. The molecule has 0 radical (unpaired) electrons. The molecule has 4 heteroatoms. The highest BCUT2D eigenvalue weighted by atomic mass is 16.5. The summed E-state index contributed by atoms with van der Waals surface area (Å²) in [5.41, 5.74) is -0.557. The number of rotatable bonds is 7. The Kier molecular flexibility index (Phi) is 6.80. The van der Waals surface area contributed by atoms with E-state index < -0.39 is 5.54 Å². The molecule has 1 rings (SSSR count). The van der Waals surface area contributed by atoms with E-state index in [2.05, 4.69) is 24.1 Å². The van der Waals surface area contributed by atoms with Crippen LogP contribution in [0.2, 0.25) is 0 Å². The summed E-state index contributed by atoms with van der Waals surface area (Å²) < 4.78 is 4.94. The highest BCUT2D eigenvalue weighted by Crippen LogP contribution is 2.17. The van der Waals surface area contributed by atoms with Gasteiger partial charge in [0, 0.05) is 6.04 Å². The molecule has 0 spiro atoms. The Morgan fingerprint density at radius 1 is 1.32 bits per heavy atom. The lowest BCUT2D eigenvalue weighted by Crippen LogP contribution is -2.53. The van der Waals surface area contributed by atoms with Crippen LogP contribution in [-0.2, 0) is 9.53 Å². The van der Waals surface area contributed by atoms with Gasteiger partial charge in [-0.2, -0.15) is 0 Å². The second-order valence-corrected chi connectivity index (χ2v) is 6.13. The monoisotopic (exact) mass is 270 g/mol. The molecule has 0 aromatic heterocycles. The molecule has 0 aromatic carbocycles. The van der Waals surface area contributed by atoms with E-state index in [9.17, 15) is 4.79 Å². The summed E-state index contributed by atoms with van der Waals surface area (Å²) in [5, 5.41) is 3.35. The minimum absolute atomic E-state index is 0.153. The highest BCUT2D eigenvalue weighted by molar-refractivity contribution is 5.80. The zero-order valence-corrected chi connectivity index (χ0v) is 13.0. The first-order valence-electron chi connectivity index (χ1n) is 7.56. The Bertz CT molecular complexity index is 275. The molecule has 1 heterocycles. The van der Waals surface area contributed by atoms with Gasteiger partial charge in [0.1, 0.15) is 5.54 Å². The van der Waals surface area contributed by atoms with E-state index in [1.165, 1.54) is 39.5 Å². The van der Waals surface area contributed by atoms with Crippen molar-refractivity contribution < 1.29 is 9.53 Å². The van der Waals surface area contributed by atoms with Gasteiger partial charge in [-0.15, -0.1) is 0 Å². The first-order valence-corrected chi connectivity index (χ1v) is 7.56. The fourth-order valence-electron chi connectivity index (χ4n) is 2.93. The molecule has 1 unspecified atom stereocenters. The topological polar surface area (TPSA) is 41.6 Å². The highest BCUT2D eigenvalue weighted by Gasteiger charge is 2.34. The molecule has 0 saturated carbocycles. The van der Waals surface area contributed by atoms with Crippen LogP contribution in [-0.4, -0.2) is 49.2 Å². The van der Waals surface area contributed by atoms with Crippen molar-refractivity contribution in [1.82, 2.24) is 10.2 Å². The predicted octanol–water partition coefficient (Wildman–Crippen LogP) is 2.18. The molecule has 1 fully saturated rings. The van der Waals surface area contributed by atoms with Crippen LogP contribution in [0.1, 0.15) is 52.9 Å². The van der Waals surface area contributed by atoms with Gasteiger partial charge in [-0.25, -0.2) is 0 Å². The number of hydrogen-bond donors (Lipinski definition) is 1. The van der Waals surface area contributed by atoms with Gasteiger partial charge in [0.25, 0.3) is 0 Å². The van der Waals surface area contributed by atoms with Crippen LogP contribution in [0.25, 0.3) is 0 Å². The summed E-state index contributed by atoms with van der Waals surface area (Å²) in [5.74, 6) is -0.153. The van der Waals surface area contributed by atoms with Crippen LogP contribution in [0, 0.1) is 0 Å². The number of carbonyl (C=O) groups excluding carboxylic acids is 1. The Morgan fingerprint density at radius 3 is 2.47 bits per heavy atom. The normalized spacial score (nSPS) is 20.3. The van der Waals surface area contributed by atoms with Crippen molar-refractivity contribution in [1.29, 1.82) is 0 Å². The molecule has 0 aliphatic carbocycles. The maximum absolute atomic E-state index is 12.0. The second kappa shape index (κ2) is 7.85. The fraction of sp³-hybridized carbons (Fsp3) is 0.933. The molecule has 0 amide bonds. The van der Waals surface area contributed by atoms with Crippen molar-refractivity contribution in [2.75, 3.05) is 26.7 Å². The van der Waals surface area contributed by atoms with Crippen molar-refractivity contribution in [2.45, 2.75) is 64.5 Å². The summed E-state index contributed by atoms with van der Waals surface area (Å²) in [7, 11) is 1.47. The first kappa shape index (κ1) is 16.4. The van der Waals surface area contributed by atoms with Crippen LogP contribution in [0.4, 0.5) is 0 Å². The van der Waals surface area contributed by atoms with E-state index in [0.717, 1.165) is 19.4 Å². The van der Waals surface area contributed by atoms with Crippen LogP contribution in [0.3, 0.4) is 0 Å². The quantitative estimate of drug-likeness (QED) is 0.720. The number of nitrogens with one attached hydrogen (secondary N) is 1. The van der Waals surface area contributed by atoms with Gasteiger partial charge in [0.05, 0.1) is 7.11 Å². The molecule has 1 aliphatic rings. The summed E-state index contributed by atoms with van der Waals surface area (Å²) in [6.45, 7) is 9.60. The molecule has 112 valence electrons. The molecule has 1 saturated heterocycles. The van der Waals surface area contributed by atoms with Crippen molar-refractivity contribution in [2.24, 2.45) is 0 Å². The van der Waals surface area contributed by atoms with Gasteiger partial charge in [0.2, 0.25) is 0 Å². The lowest BCUT2D eigenvalue weighted by molar-refractivity contribution is -0.148. The minimum atomic E-state index is -0.557. The molecule has 0 bridgehead atoms.